The fourth-order valence-corrected chi connectivity index (χ4v) is 1.51. The first-order valence-corrected chi connectivity index (χ1v) is 3.87. The van der Waals surface area contributed by atoms with Gasteiger partial charge in [-0.2, -0.15) is 0 Å². The summed E-state index contributed by atoms with van der Waals surface area (Å²) in [6.45, 7) is 3.51. The predicted octanol–water partition coefficient (Wildman–Crippen LogP) is 2.07. The molecule has 1 aliphatic rings. The van der Waals surface area contributed by atoms with Crippen LogP contribution in [0.2, 0.25) is 0 Å². The first kappa shape index (κ1) is 9.59. The number of Topliss-reactive ketones (excluding diaryl/α,β-unsaturated/α-hetero) is 1. The summed E-state index contributed by atoms with van der Waals surface area (Å²) in [5, 5.41) is 5.27. The molecule has 0 heterocycles. The molecule has 0 amide bonds. The van der Waals surface area contributed by atoms with Crippen molar-refractivity contribution < 1.29 is 9.28 Å². The quantitative estimate of drug-likeness (QED) is 0.473. The van der Waals surface area contributed by atoms with Crippen molar-refractivity contribution in [3.05, 3.63) is 12.3 Å². The van der Waals surface area contributed by atoms with Crippen molar-refractivity contribution in [2.45, 2.75) is 12.8 Å². The molecule has 0 radical (unpaired) electrons. The first-order chi connectivity index (χ1) is 6.19. The molecule has 0 aromatic carbocycles. The molecule has 3 nitrogen and oxygen atoms in total. The molecule has 0 spiro atoms. The average Bonchev–Trinajstić information content (AvgIpc) is 2.47. The highest BCUT2D eigenvalue weighted by Crippen LogP contribution is 2.34. The van der Waals surface area contributed by atoms with E-state index in [9.17, 15) is 9.28 Å². The Morgan fingerprint density at radius 3 is 2.92 bits per heavy atom. The van der Waals surface area contributed by atoms with Crippen LogP contribution in [0.4, 0.5) is 4.48 Å². The highest BCUT2D eigenvalue weighted by Gasteiger charge is 2.33. The maximum Gasteiger partial charge on any atom is 0.134 e. The van der Waals surface area contributed by atoms with E-state index in [2.05, 4.69) is 22.9 Å². The van der Waals surface area contributed by atoms with Crippen LogP contribution in [0.25, 0.3) is 0 Å². The van der Waals surface area contributed by atoms with Gasteiger partial charge in [0.2, 0.25) is 0 Å². The van der Waals surface area contributed by atoms with Crippen LogP contribution in [0.1, 0.15) is 12.8 Å². The zero-order valence-corrected chi connectivity index (χ0v) is 7.03. The number of halogens is 1. The Morgan fingerprint density at radius 1 is 1.69 bits per heavy atom. The van der Waals surface area contributed by atoms with Gasteiger partial charge in [-0.1, -0.05) is 11.1 Å². The predicted molar refractivity (Wildman–Crippen MR) is 45.2 cm³/mol. The van der Waals surface area contributed by atoms with E-state index in [0.29, 0.717) is 12.8 Å². The minimum absolute atomic E-state index is 0.0724. The molecule has 0 bridgehead atoms. The van der Waals surface area contributed by atoms with E-state index in [-0.39, 0.29) is 23.3 Å². The molecular formula is C9H9FN2O. The molecule has 1 rings (SSSR count). The van der Waals surface area contributed by atoms with Crippen LogP contribution >= 0.6 is 0 Å². The minimum atomic E-state index is -0.239. The van der Waals surface area contributed by atoms with E-state index in [0.717, 1.165) is 0 Å². The van der Waals surface area contributed by atoms with Crippen molar-refractivity contribution >= 4 is 5.78 Å². The maximum absolute atomic E-state index is 11.5. The summed E-state index contributed by atoms with van der Waals surface area (Å²) in [6, 6.07) is 0. The second kappa shape index (κ2) is 3.94. The van der Waals surface area contributed by atoms with Gasteiger partial charge < -0.3 is 0 Å². The fraction of sp³-hybridized carbons (Fsp3) is 0.444. The number of hydrogen-bond acceptors (Lipinski definition) is 3. The molecule has 0 aliphatic heterocycles. The van der Waals surface area contributed by atoms with E-state index in [1.165, 1.54) is 0 Å². The van der Waals surface area contributed by atoms with Crippen molar-refractivity contribution in [1.29, 1.82) is 0 Å². The van der Waals surface area contributed by atoms with Gasteiger partial charge in [0.1, 0.15) is 5.78 Å². The largest absolute Gasteiger partial charge is 0.300 e. The third kappa shape index (κ3) is 2.00. The lowest BCUT2D eigenvalue weighted by atomic mass is 9.95. The smallest absolute Gasteiger partial charge is 0.134 e. The third-order valence-corrected chi connectivity index (χ3v) is 2.19. The van der Waals surface area contributed by atoms with E-state index in [4.69, 9.17) is 6.42 Å². The summed E-state index contributed by atoms with van der Waals surface area (Å²) in [5.74, 6) is 2.11. The standard InChI is InChI=1S/C9H9FN2O/c1-3-7-4-8(13)5-9(7)6(2)11-12-10/h1,7,9H,2,4-5H2/t7-,9?/m0/s1. The number of hydrogen-bond donors (Lipinski definition) is 0. The summed E-state index contributed by atoms with van der Waals surface area (Å²) >= 11 is 0. The van der Waals surface area contributed by atoms with Gasteiger partial charge in [0.15, 0.2) is 0 Å². The summed E-state index contributed by atoms with van der Waals surface area (Å²) in [4.78, 5) is 11.0. The van der Waals surface area contributed by atoms with Gasteiger partial charge in [0.05, 0.1) is 5.70 Å². The van der Waals surface area contributed by atoms with Crippen LogP contribution in [0.15, 0.2) is 22.7 Å². The Labute approximate surface area is 75.7 Å². The summed E-state index contributed by atoms with van der Waals surface area (Å²) < 4.78 is 11.5. The summed E-state index contributed by atoms with van der Waals surface area (Å²) in [5.41, 5.74) is 0.247. The van der Waals surface area contributed by atoms with E-state index < -0.39 is 0 Å². The van der Waals surface area contributed by atoms with Gasteiger partial charge in [-0.15, -0.1) is 17.5 Å². The molecule has 0 aromatic heterocycles. The monoisotopic (exact) mass is 180 g/mol. The maximum atomic E-state index is 11.5. The summed E-state index contributed by atoms with van der Waals surface area (Å²) in [6.07, 6.45) is 5.84. The van der Waals surface area contributed by atoms with Crippen LogP contribution in [-0.2, 0) is 4.79 Å². The molecule has 0 N–H and O–H groups in total. The van der Waals surface area contributed by atoms with Crippen molar-refractivity contribution in [2.24, 2.45) is 22.3 Å². The molecular weight excluding hydrogens is 171 g/mol. The molecule has 0 aromatic rings. The van der Waals surface area contributed by atoms with Crippen LogP contribution in [0.3, 0.4) is 0 Å². The lowest BCUT2D eigenvalue weighted by Gasteiger charge is -2.10. The number of carbonyl (C=O) groups excluding carboxylic acids is 1. The van der Waals surface area contributed by atoms with Crippen molar-refractivity contribution in [1.82, 2.24) is 0 Å². The van der Waals surface area contributed by atoms with Crippen molar-refractivity contribution in [2.75, 3.05) is 0 Å². The van der Waals surface area contributed by atoms with E-state index in [1.54, 1.807) is 0 Å². The number of carbonyl (C=O) groups is 1. The topological polar surface area (TPSA) is 41.8 Å². The number of nitrogens with zero attached hydrogens (tertiary/aromatic N) is 2. The Kier molecular flexibility index (Phi) is 2.91. The molecule has 4 heteroatoms. The van der Waals surface area contributed by atoms with E-state index >= 15 is 0 Å². The number of allylic oxidation sites excluding steroid dienone is 1. The van der Waals surface area contributed by atoms with Crippen LogP contribution in [0.5, 0.6) is 0 Å². The van der Waals surface area contributed by atoms with Gasteiger partial charge in [-0.25, -0.2) is 0 Å². The second-order valence-electron chi connectivity index (χ2n) is 2.99. The van der Waals surface area contributed by atoms with Crippen molar-refractivity contribution in [3.63, 3.8) is 0 Å². The molecule has 68 valence electrons. The zero-order valence-electron chi connectivity index (χ0n) is 7.03. The Balaban J connectivity index is 2.75. The highest BCUT2D eigenvalue weighted by molar-refractivity contribution is 5.82. The fourth-order valence-electron chi connectivity index (χ4n) is 1.51. The number of rotatable bonds is 2. The molecule has 1 saturated carbocycles. The van der Waals surface area contributed by atoms with Crippen LogP contribution < -0.4 is 0 Å². The Hall–Kier alpha value is -1.50. The molecule has 0 saturated heterocycles. The van der Waals surface area contributed by atoms with Gasteiger partial charge in [-0.05, 0) is 0 Å². The molecule has 1 unspecified atom stereocenters. The second-order valence-corrected chi connectivity index (χ2v) is 2.99. The van der Waals surface area contributed by atoms with Gasteiger partial charge in [0, 0.05) is 30.0 Å². The lowest BCUT2D eigenvalue weighted by molar-refractivity contribution is -0.117. The average molecular weight is 180 g/mol. The molecule has 1 fully saturated rings. The normalized spacial score (nSPS) is 27.8. The van der Waals surface area contributed by atoms with Gasteiger partial charge >= 0.3 is 0 Å². The van der Waals surface area contributed by atoms with Crippen LogP contribution in [0, 0.1) is 24.2 Å². The number of terminal acetylenes is 1. The molecule has 1 aliphatic carbocycles. The van der Waals surface area contributed by atoms with E-state index in [1.807, 2.05) is 0 Å². The molecule has 13 heavy (non-hydrogen) atoms. The van der Waals surface area contributed by atoms with Crippen LogP contribution in [-0.4, -0.2) is 5.78 Å². The van der Waals surface area contributed by atoms with Gasteiger partial charge in [0.25, 0.3) is 0 Å². The SMILES string of the molecule is C#C[C@H]1CC(=O)CC1C(=C)N=NF. The Bertz CT molecular complexity index is 303. The van der Waals surface area contributed by atoms with Crippen molar-refractivity contribution in [3.8, 4) is 12.3 Å². The molecule has 2 atom stereocenters. The Morgan fingerprint density at radius 2 is 2.38 bits per heavy atom. The highest BCUT2D eigenvalue weighted by atomic mass is 19.2. The van der Waals surface area contributed by atoms with Gasteiger partial charge in [-0.3, -0.25) is 4.79 Å². The third-order valence-electron chi connectivity index (χ3n) is 2.19. The zero-order chi connectivity index (χ0) is 9.84. The summed E-state index contributed by atoms with van der Waals surface area (Å²) in [7, 11) is 0. The minimum Gasteiger partial charge on any atom is -0.300 e. The first-order valence-electron chi connectivity index (χ1n) is 3.87. The number of ketones is 1. The lowest BCUT2D eigenvalue weighted by Crippen LogP contribution is -2.06.